The van der Waals surface area contributed by atoms with Crippen molar-refractivity contribution in [3.05, 3.63) is 48.3 Å². The summed E-state index contributed by atoms with van der Waals surface area (Å²) in [5.74, 6) is -0.121. The molecule has 15 heavy (non-hydrogen) atoms. The first-order chi connectivity index (χ1) is 7.27. The van der Waals surface area contributed by atoms with Gasteiger partial charge in [0.15, 0.2) is 0 Å². The molecule has 0 spiro atoms. The lowest BCUT2D eigenvalue weighted by Gasteiger charge is -2.16. The van der Waals surface area contributed by atoms with E-state index in [4.69, 9.17) is 0 Å². The number of likely N-dealkylation sites (N-methyl/N-ethyl adjacent to an activating group) is 1. The summed E-state index contributed by atoms with van der Waals surface area (Å²) in [4.78, 5) is 0. The molecule has 0 saturated carbocycles. The Morgan fingerprint density at radius 2 is 2.20 bits per heavy atom. The molecule has 1 rings (SSSR count). The second kappa shape index (κ2) is 6.36. The van der Waals surface area contributed by atoms with Crippen LogP contribution in [0.2, 0.25) is 0 Å². The number of hydrogen-bond acceptors (Lipinski definition) is 1. The Morgan fingerprint density at radius 1 is 1.47 bits per heavy atom. The van der Waals surface area contributed by atoms with E-state index < -0.39 is 0 Å². The van der Waals surface area contributed by atoms with Gasteiger partial charge >= 0.3 is 0 Å². The van der Waals surface area contributed by atoms with Crippen LogP contribution < -0.4 is 5.32 Å². The number of hydrogen-bond donors (Lipinski definition) is 1. The first-order valence-corrected chi connectivity index (χ1v) is 5.35. The second-order valence-electron chi connectivity index (χ2n) is 3.57. The normalized spacial score (nSPS) is 12.4. The van der Waals surface area contributed by atoms with Gasteiger partial charge in [0, 0.05) is 6.04 Å². The minimum atomic E-state index is -0.121. The Bertz CT molecular complexity index is 309. The van der Waals surface area contributed by atoms with E-state index >= 15 is 0 Å². The average molecular weight is 207 g/mol. The van der Waals surface area contributed by atoms with Crippen LogP contribution in [-0.4, -0.2) is 12.6 Å². The quantitative estimate of drug-likeness (QED) is 0.707. The molecule has 1 N–H and O–H groups in total. The summed E-state index contributed by atoms with van der Waals surface area (Å²) in [6, 6.07) is 7.21. The average Bonchev–Trinajstić information content (AvgIpc) is 2.22. The SMILES string of the molecule is C=CCC(Cc1ccccc1F)NCC. The van der Waals surface area contributed by atoms with Crippen LogP contribution in [0.15, 0.2) is 36.9 Å². The largest absolute Gasteiger partial charge is 0.314 e. The van der Waals surface area contributed by atoms with Crippen LogP contribution >= 0.6 is 0 Å². The van der Waals surface area contributed by atoms with Crippen LogP contribution in [0, 0.1) is 5.82 Å². The summed E-state index contributed by atoms with van der Waals surface area (Å²) in [6.07, 6.45) is 3.45. The van der Waals surface area contributed by atoms with Crippen LogP contribution in [0.25, 0.3) is 0 Å². The first-order valence-electron chi connectivity index (χ1n) is 5.35. The van der Waals surface area contributed by atoms with E-state index in [0.29, 0.717) is 6.42 Å². The Labute approximate surface area is 91.0 Å². The predicted molar refractivity (Wildman–Crippen MR) is 62.4 cm³/mol. The van der Waals surface area contributed by atoms with Crippen LogP contribution in [0.5, 0.6) is 0 Å². The van der Waals surface area contributed by atoms with E-state index in [0.717, 1.165) is 18.5 Å². The maximum absolute atomic E-state index is 13.4. The van der Waals surface area contributed by atoms with E-state index in [9.17, 15) is 4.39 Å². The Balaban J connectivity index is 2.64. The molecule has 82 valence electrons. The summed E-state index contributed by atoms with van der Waals surface area (Å²) < 4.78 is 13.4. The van der Waals surface area contributed by atoms with Crippen LogP contribution in [0.1, 0.15) is 18.9 Å². The number of halogens is 1. The predicted octanol–water partition coefficient (Wildman–Crippen LogP) is 2.92. The summed E-state index contributed by atoms with van der Waals surface area (Å²) in [6.45, 7) is 6.66. The van der Waals surface area contributed by atoms with Gasteiger partial charge in [-0.15, -0.1) is 6.58 Å². The molecule has 0 saturated heterocycles. The lowest BCUT2D eigenvalue weighted by molar-refractivity contribution is 0.512. The molecule has 0 amide bonds. The zero-order valence-corrected chi connectivity index (χ0v) is 9.17. The van der Waals surface area contributed by atoms with Crippen molar-refractivity contribution in [2.24, 2.45) is 0 Å². The molecule has 2 heteroatoms. The second-order valence-corrected chi connectivity index (χ2v) is 3.57. The molecular weight excluding hydrogens is 189 g/mol. The molecule has 1 unspecified atom stereocenters. The highest BCUT2D eigenvalue weighted by molar-refractivity contribution is 5.18. The molecule has 1 nitrogen and oxygen atoms in total. The van der Waals surface area contributed by atoms with E-state index in [1.807, 2.05) is 18.2 Å². The van der Waals surface area contributed by atoms with Gasteiger partial charge in [-0.05, 0) is 31.0 Å². The summed E-state index contributed by atoms with van der Waals surface area (Å²) in [5.41, 5.74) is 0.769. The molecule has 0 aliphatic carbocycles. The molecule has 1 aromatic rings. The number of benzene rings is 1. The minimum Gasteiger partial charge on any atom is -0.314 e. The van der Waals surface area contributed by atoms with Crippen molar-refractivity contribution >= 4 is 0 Å². The van der Waals surface area contributed by atoms with Gasteiger partial charge in [-0.2, -0.15) is 0 Å². The van der Waals surface area contributed by atoms with Gasteiger partial charge in [-0.3, -0.25) is 0 Å². The monoisotopic (exact) mass is 207 g/mol. The zero-order chi connectivity index (χ0) is 11.1. The van der Waals surface area contributed by atoms with E-state index in [1.165, 1.54) is 6.07 Å². The Hall–Kier alpha value is -1.15. The summed E-state index contributed by atoms with van der Waals surface area (Å²) in [7, 11) is 0. The fourth-order valence-electron chi connectivity index (χ4n) is 1.66. The van der Waals surface area contributed by atoms with Crippen molar-refractivity contribution in [3.8, 4) is 0 Å². The summed E-state index contributed by atoms with van der Waals surface area (Å²) >= 11 is 0. The van der Waals surface area contributed by atoms with Gasteiger partial charge in [-0.25, -0.2) is 4.39 Å². The molecule has 0 radical (unpaired) electrons. The fraction of sp³-hybridized carbons (Fsp3) is 0.385. The van der Waals surface area contributed by atoms with Gasteiger partial charge in [0.2, 0.25) is 0 Å². The smallest absolute Gasteiger partial charge is 0.126 e. The third-order valence-corrected chi connectivity index (χ3v) is 2.37. The van der Waals surface area contributed by atoms with Crippen molar-refractivity contribution < 1.29 is 4.39 Å². The number of nitrogens with one attached hydrogen (secondary N) is 1. The fourth-order valence-corrected chi connectivity index (χ4v) is 1.66. The van der Waals surface area contributed by atoms with Crippen molar-refractivity contribution in [2.75, 3.05) is 6.54 Å². The van der Waals surface area contributed by atoms with Gasteiger partial charge in [0.25, 0.3) is 0 Å². The Morgan fingerprint density at radius 3 is 2.80 bits per heavy atom. The molecule has 0 aromatic heterocycles. The minimum absolute atomic E-state index is 0.121. The lowest BCUT2D eigenvalue weighted by atomic mass is 10.0. The molecule has 0 heterocycles. The van der Waals surface area contributed by atoms with Crippen LogP contribution in [0.4, 0.5) is 4.39 Å². The molecular formula is C13H18FN. The maximum Gasteiger partial charge on any atom is 0.126 e. The van der Waals surface area contributed by atoms with Crippen molar-refractivity contribution in [1.29, 1.82) is 0 Å². The summed E-state index contributed by atoms with van der Waals surface area (Å²) in [5, 5.41) is 3.32. The van der Waals surface area contributed by atoms with Gasteiger partial charge in [0.05, 0.1) is 0 Å². The first kappa shape index (κ1) is 11.9. The molecule has 0 bridgehead atoms. The highest BCUT2D eigenvalue weighted by atomic mass is 19.1. The Kier molecular flexibility index (Phi) is 5.05. The highest BCUT2D eigenvalue weighted by Gasteiger charge is 2.09. The lowest BCUT2D eigenvalue weighted by Crippen LogP contribution is -2.30. The van der Waals surface area contributed by atoms with Crippen LogP contribution in [-0.2, 0) is 6.42 Å². The molecule has 1 atom stereocenters. The van der Waals surface area contributed by atoms with Crippen molar-refractivity contribution in [3.63, 3.8) is 0 Å². The van der Waals surface area contributed by atoms with Crippen molar-refractivity contribution in [1.82, 2.24) is 5.32 Å². The van der Waals surface area contributed by atoms with Gasteiger partial charge in [-0.1, -0.05) is 31.2 Å². The van der Waals surface area contributed by atoms with Crippen LogP contribution in [0.3, 0.4) is 0 Å². The van der Waals surface area contributed by atoms with Gasteiger partial charge in [0.1, 0.15) is 5.82 Å². The molecule has 0 aliphatic heterocycles. The maximum atomic E-state index is 13.4. The third kappa shape index (κ3) is 3.84. The number of rotatable bonds is 6. The molecule has 0 fully saturated rings. The molecule has 1 aromatic carbocycles. The van der Waals surface area contributed by atoms with E-state index in [2.05, 4.69) is 18.8 Å². The zero-order valence-electron chi connectivity index (χ0n) is 9.17. The molecule has 0 aliphatic rings. The van der Waals surface area contributed by atoms with Crippen molar-refractivity contribution in [2.45, 2.75) is 25.8 Å². The third-order valence-electron chi connectivity index (χ3n) is 2.37. The van der Waals surface area contributed by atoms with E-state index in [1.54, 1.807) is 6.07 Å². The van der Waals surface area contributed by atoms with E-state index in [-0.39, 0.29) is 11.9 Å². The topological polar surface area (TPSA) is 12.0 Å². The van der Waals surface area contributed by atoms with Gasteiger partial charge < -0.3 is 5.32 Å². The highest BCUT2D eigenvalue weighted by Crippen LogP contribution is 2.10. The standard InChI is InChI=1S/C13H18FN/c1-3-7-12(15-4-2)10-11-8-5-6-9-13(11)14/h3,5-6,8-9,12,15H,1,4,7,10H2,2H3.